The fraction of sp³-hybridized carbons (Fsp3) is 0.731. The number of amides is 5. The number of hydrogen-bond donors (Lipinski definition) is 4. The van der Waals surface area contributed by atoms with Gasteiger partial charge in [-0.2, -0.15) is 0 Å². The van der Waals surface area contributed by atoms with Crippen molar-refractivity contribution in [1.29, 1.82) is 0 Å². The predicted molar refractivity (Wildman–Crippen MR) is 143 cm³/mol. The molecule has 2 unspecified atom stereocenters. The van der Waals surface area contributed by atoms with E-state index < -0.39 is 47.2 Å². The number of carbonyl (C=O) groups excluding carboxylic acids is 5. The summed E-state index contributed by atoms with van der Waals surface area (Å²) in [6, 6.07) is -3.06. The van der Waals surface area contributed by atoms with Gasteiger partial charge in [-0.3, -0.25) is 19.2 Å². The maximum atomic E-state index is 13.9. The van der Waals surface area contributed by atoms with E-state index in [-0.39, 0.29) is 23.7 Å². The maximum Gasteiger partial charge on any atom is 0.319 e. The maximum absolute atomic E-state index is 13.9. The van der Waals surface area contributed by atoms with Crippen LogP contribution in [0.3, 0.4) is 0 Å². The Morgan fingerprint density at radius 2 is 1.73 bits per heavy atom. The summed E-state index contributed by atoms with van der Waals surface area (Å²) in [5.74, 6) is -1.96. The molecule has 2 aliphatic carbocycles. The molecule has 1 saturated heterocycles. The smallest absolute Gasteiger partial charge is 0.319 e. The molecule has 1 heterocycles. The van der Waals surface area contributed by atoms with Gasteiger partial charge in [-0.15, -0.1) is 0 Å². The first-order chi connectivity index (χ1) is 17.3. The average Bonchev–Trinajstić information content (AvgIpc) is 3.48. The molecule has 0 spiro atoms. The third-order valence-electron chi connectivity index (χ3n) is 7.71. The number of rotatable bonds is 10. The minimum Gasteiger partial charge on any atom is -0.344 e. The average molecular weight is 536 g/mol. The van der Waals surface area contributed by atoms with Crippen LogP contribution in [0.5, 0.6) is 0 Å². The number of carbonyl (C=O) groups is 5. The highest BCUT2D eigenvalue weighted by Gasteiger charge is 2.48. The van der Waals surface area contributed by atoms with Crippen molar-refractivity contribution >= 4 is 38.9 Å². The molecule has 0 radical (unpaired) electrons. The number of urea groups is 1. The standard InChI is InChI=1S/C26H42N5O5P/c1-14(2)17-11-12-31(24(35)21(26(3,4)5)29-25(36)27-16-9-10-16)19(17)22(33)28-18(13-15-7-6-8-15)20(32)23(34)30-37/h9,14-15,17-19,21H,6-8,10-13,37H2,1-5H3,(H,28,33)(H,30,34)(H2,27,29,36)/t17-,18?,19+,21-/m1/s1. The van der Waals surface area contributed by atoms with Crippen LogP contribution < -0.4 is 21.0 Å². The zero-order valence-corrected chi connectivity index (χ0v) is 23.7. The van der Waals surface area contributed by atoms with Crippen molar-refractivity contribution in [3.63, 3.8) is 0 Å². The van der Waals surface area contributed by atoms with Gasteiger partial charge < -0.3 is 25.9 Å². The molecule has 206 valence electrons. The van der Waals surface area contributed by atoms with E-state index in [9.17, 15) is 24.0 Å². The Labute approximate surface area is 221 Å². The van der Waals surface area contributed by atoms with E-state index in [1.54, 1.807) is 4.90 Å². The first kappa shape index (κ1) is 29.1. The van der Waals surface area contributed by atoms with Gasteiger partial charge in [0.2, 0.25) is 17.6 Å². The Balaban J connectivity index is 1.82. The number of hydrogen-bond acceptors (Lipinski definition) is 5. The van der Waals surface area contributed by atoms with Gasteiger partial charge in [0.15, 0.2) is 0 Å². The van der Waals surface area contributed by atoms with Gasteiger partial charge in [0.05, 0.1) is 6.04 Å². The van der Waals surface area contributed by atoms with E-state index in [4.69, 9.17) is 0 Å². The minimum absolute atomic E-state index is 0.107. The van der Waals surface area contributed by atoms with Crippen LogP contribution in [0.4, 0.5) is 4.79 Å². The summed E-state index contributed by atoms with van der Waals surface area (Å²) in [5, 5.41) is 10.7. The lowest BCUT2D eigenvalue weighted by atomic mass is 9.80. The molecule has 11 heteroatoms. The van der Waals surface area contributed by atoms with Crippen LogP contribution in [0, 0.1) is 23.2 Å². The summed E-state index contributed by atoms with van der Waals surface area (Å²) < 4.78 is 0. The molecule has 1 aliphatic heterocycles. The summed E-state index contributed by atoms with van der Waals surface area (Å²) in [6.07, 6.45) is 6.62. The van der Waals surface area contributed by atoms with Crippen LogP contribution in [0.25, 0.3) is 0 Å². The molecular weight excluding hydrogens is 493 g/mol. The minimum atomic E-state index is -0.946. The van der Waals surface area contributed by atoms with Gasteiger partial charge in [-0.25, -0.2) is 4.79 Å². The third-order valence-corrected chi connectivity index (χ3v) is 7.97. The SMILES string of the molecule is CC(C)[C@H]1CCN(C(=O)[C@@H](NC(=O)NC2=CC2)C(C)(C)C)[C@@H]1C(=O)NC(CC1CCC1)C(=O)C(=O)NP. The molecule has 0 aromatic carbocycles. The third kappa shape index (κ3) is 7.30. The van der Waals surface area contributed by atoms with Crippen LogP contribution in [0.2, 0.25) is 0 Å². The van der Waals surface area contributed by atoms with Crippen molar-refractivity contribution in [1.82, 2.24) is 25.9 Å². The molecule has 0 bridgehead atoms. The number of allylic oxidation sites excluding steroid dienone is 2. The van der Waals surface area contributed by atoms with Crippen LogP contribution in [-0.2, 0) is 19.2 Å². The molecule has 4 N–H and O–H groups in total. The number of Topliss-reactive ketones (excluding diaryl/α,β-unsaturated/α-hetero) is 1. The van der Waals surface area contributed by atoms with Gasteiger partial charge in [0.1, 0.15) is 12.1 Å². The van der Waals surface area contributed by atoms with Gasteiger partial charge in [-0.1, -0.05) is 60.0 Å². The predicted octanol–water partition coefficient (Wildman–Crippen LogP) is 2.01. The normalized spacial score (nSPS) is 22.9. The zero-order chi connectivity index (χ0) is 27.5. The topological polar surface area (TPSA) is 137 Å². The largest absolute Gasteiger partial charge is 0.344 e. The van der Waals surface area contributed by atoms with E-state index in [2.05, 4.69) is 21.0 Å². The van der Waals surface area contributed by atoms with Crippen molar-refractivity contribution in [2.45, 2.75) is 91.3 Å². The highest BCUT2D eigenvalue weighted by Crippen LogP contribution is 2.34. The quantitative estimate of drug-likeness (QED) is 0.251. The fourth-order valence-corrected chi connectivity index (χ4v) is 5.30. The zero-order valence-electron chi connectivity index (χ0n) is 22.6. The summed E-state index contributed by atoms with van der Waals surface area (Å²) in [6.45, 7) is 9.99. The lowest BCUT2D eigenvalue weighted by Crippen LogP contribution is -2.61. The summed E-state index contributed by atoms with van der Waals surface area (Å²) in [4.78, 5) is 66.6. The number of nitrogens with one attached hydrogen (secondary N) is 4. The van der Waals surface area contributed by atoms with Gasteiger partial charge in [0, 0.05) is 18.7 Å². The van der Waals surface area contributed by atoms with Crippen LogP contribution >= 0.6 is 9.39 Å². The molecule has 5 amide bonds. The van der Waals surface area contributed by atoms with E-state index in [1.807, 2.05) is 50.1 Å². The molecule has 5 atom stereocenters. The van der Waals surface area contributed by atoms with Crippen molar-refractivity contribution in [3.8, 4) is 0 Å². The fourth-order valence-electron chi connectivity index (χ4n) is 5.16. The lowest BCUT2D eigenvalue weighted by Gasteiger charge is -2.37. The Kier molecular flexibility index (Phi) is 9.37. The summed E-state index contributed by atoms with van der Waals surface area (Å²) in [7, 11) is 2.02. The van der Waals surface area contributed by atoms with E-state index >= 15 is 0 Å². The second-order valence-electron chi connectivity index (χ2n) is 11.9. The molecule has 3 aliphatic rings. The Bertz CT molecular complexity index is 955. The molecule has 1 saturated carbocycles. The Hall–Kier alpha value is -2.48. The van der Waals surface area contributed by atoms with Crippen LogP contribution in [0.1, 0.15) is 73.1 Å². The summed E-state index contributed by atoms with van der Waals surface area (Å²) >= 11 is 0. The van der Waals surface area contributed by atoms with Gasteiger partial charge in [0.25, 0.3) is 5.91 Å². The Morgan fingerprint density at radius 3 is 2.22 bits per heavy atom. The van der Waals surface area contributed by atoms with Crippen molar-refractivity contribution < 1.29 is 24.0 Å². The van der Waals surface area contributed by atoms with Gasteiger partial charge in [-0.05, 0) is 45.4 Å². The lowest BCUT2D eigenvalue weighted by molar-refractivity contribution is -0.144. The van der Waals surface area contributed by atoms with E-state index in [1.165, 1.54) is 0 Å². The second-order valence-corrected chi connectivity index (χ2v) is 12.2. The first-order valence-corrected chi connectivity index (χ1v) is 13.8. The molecule has 2 fully saturated rings. The van der Waals surface area contributed by atoms with Crippen molar-refractivity contribution in [2.24, 2.45) is 23.2 Å². The van der Waals surface area contributed by atoms with Crippen LogP contribution in [0.15, 0.2) is 11.8 Å². The van der Waals surface area contributed by atoms with E-state index in [0.717, 1.165) is 31.4 Å². The molecular formula is C26H42N5O5P. The summed E-state index contributed by atoms with van der Waals surface area (Å²) in [5.41, 5.74) is 0.204. The monoisotopic (exact) mass is 535 g/mol. The van der Waals surface area contributed by atoms with Crippen molar-refractivity contribution in [3.05, 3.63) is 11.8 Å². The van der Waals surface area contributed by atoms with Crippen molar-refractivity contribution in [2.75, 3.05) is 6.54 Å². The molecule has 0 aromatic heterocycles. The number of likely N-dealkylation sites (tertiary alicyclic amines) is 1. The molecule has 10 nitrogen and oxygen atoms in total. The molecule has 37 heavy (non-hydrogen) atoms. The van der Waals surface area contributed by atoms with Gasteiger partial charge >= 0.3 is 6.03 Å². The molecule has 3 rings (SSSR count). The highest BCUT2D eigenvalue weighted by molar-refractivity contribution is 7.15. The van der Waals surface area contributed by atoms with Crippen LogP contribution in [-0.4, -0.2) is 59.1 Å². The molecule has 0 aromatic rings. The number of ketones is 1. The Morgan fingerprint density at radius 1 is 1.08 bits per heavy atom. The number of nitrogens with zero attached hydrogens (tertiary/aromatic N) is 1. The van der Waals surface area contributed by atoms with E-state index in [0.29, 0.717) is 19.4 Å². The highest BCUT2D eigenvalue weighted by atomic mass is 31.0. The first-order valence-electron chi connectivity index (χ1n) is 13.3. The second kappa shape index (κ2) is 11.9.